The molecule has 2 aromatic carbocycles. The number of carbonyl (C=O) groups is 2. The molecular formula is C19H16N2O5S. The average molecular weight is 384 g/mol. The van der Waals surface area contributed by atoms with Crippen LogP contribution in [0, 0.1) is 0 Å². The molecule has 0 aliphatic carbocycles. The van der Waals surface area contributed by atoms with E-state index >= 15 is 0 Å². The van der Waals surface area contributed by atoms with E-state index in [9.17, 15) is 9.59 Å². The molecule has 7 nitrogen and oxygen atoms in total. The molecule has 0 atom stereocenters. The Kier molecular flexibility index (Phi) is 5.77. The van der Waals surface area contributed by atoms with Crippen molar-refractivity contribution in [3.05, 3.63) is 59.0 Å². The highest BCUT2D eigenvalue weighted by atomic mass is 32.2. The largest absolute Gasteiger partial charge is 0.497 e. The van der Waals surface area contributed by atoms with Crippen molar-refractivity contribution in [3.8, 4) is 11.5 Å². The van der Waals surface area contributed by atoms with Crippen molar-refractivity contribution in [2.75, 3.05) is 13.7 Å². The fourth-order valence-corrected chi connectivity index (χ4v) is 3.08. The van der Waals surface area contributed by atoms with Crippen molar-refractivity contribution >= 4 is 40.6 Å². The molecule has 0 unspecified atom stereocenters. The van der Waals surface area contributed by atoms with Gasteiger partial charge >= 0.3 is 5.97 Å². The molecule has 1 aliphatic heterocycles. The molecule has 2 aromatic rings. The van der Waals surface area contributed by atoms with E-state index in [2.05, 4.69) is 10.3 Å². The van der Waals surface area contributed by atoms with E-state index < -0.39 is 12.6 Å². The van der Waals surface area contributed by atoms with Crippen LogP contribution < -0.4 is 14.8 Å². The summed E-state index contributed by atoms with van der Waals surface area (Å²) in [5, 5.41) is 11.8. The normalized spacial score (nSPS) is 16.4. The molecule has 1 saturated heterocycles. The van der Waals surface area contributed by atoms with Crippen LogP contribution >= 0.6 is 11.8 Å². The lowest BCUT2D eigenvalue weighted by Crippen LogP contribution is -2.19. The van der Waals surface area contributed by atoms with Gasteiger partial charge in [0, 0.05) is 6.07 Å². The van der Waals surface area contributed by atoms with Gasteiger partial charge in [-0.3, -0.25) is 4.79 Å². The summed E-state index contributed by atoms with van der Waals surface area (Å²) < 4.78 is 10.2. The molecule has 2 N–H and O–H groups in total. The minimum Gasteiger partial charge on any atom is -0.497 e. The Morgan fingerprint density at radius 3 is 2.70 bits per heavy atom. The molecule has 1 fully saturated rings. The number of amides is 1. The molecule has 3 rings (SSSR count). The van der Waals surface area contributed by atoms with Crippen LogP contribution in [0.1, 0.15) is 5.56 Å². The average Bonchev–Trinajstić information content (AvgIpc) is 3.00. The third-order valence-corrected chi connectivity index (χ3v) is 4.38. The lowest BCUT2D eigenvalue weighted by Gasteiger charge is -2.03. The minimum atomic E-state index is -1.04. The number of ether oxygens (including phenoxy) is 2. The van der Waals surface area contributed by atoms with Gasteiger partial charge in [0.2, 0.25) is 0 Å². The molecule has 0 saturated carbocycles. The predicted octanol–water partition coefficient (Wildman–Crippen LogP) is 3.05. The molecule has 27 heavy (non-hydrogen) atoms. The van der Waals surface area contributed by atoms with Crippen molar-refractivity contribution in [2.24, 2.45) is 4.99 Å². The van der Waals surface area contributed by atoms with Gasteiger partial charge in [0.15, 0.2) is 11.8 Å². The zero-order valence-corrected chi connectivity index (χ0v) is 15.2. The maximum Gasteiger partial charge on any atom is 0.341 e. The quantitative estimate of drug-likeness (QED) is 0.743. The molecule has 0 spiro atoms. The van der Waals surface area contributed by atoms with Crippen LogP contribution in [0.15, 0.2) is 58.4 Å². The maximum absolute atomic E-state index is 12.2. The highest BCUT2D eigenvalue weighted by Crippen LogP contribution is 2.29. The van der Waals surface area contributed by atoms with Crippen LogP contribution in [0.3, 0.4) is 0 Å². The Bertz CT molecular complexity index is 922. The summed E-state index contributed by atoms with van der Waals surface area (Å²) in [7, 11) is 1.58. The van der Waals surface area contributed by atoms with Crippen LogP contribution in [-0.2, 0) is 9.59 Å². The smallest absolute Gasteiger partial charge is 0.341 e. The van der Waals surface area contributed by atoms with Gasteiger partial charge in [-0.15, -0.1) is 0 Å². The van der Waals surface area contributed by atoms with Gasteiger partial charge in [-0.05, 0) is 47.7 Å². The number of thioether (sulfide) groups is 1. The van der Waals surface area contributed by atoms with Crippen molar-refractivity contribution in [3.63, 3.8) is 0 Å². The Labute approximate surface area is 159 Å². The van der Waals surface area contributed by atoms with Crippen LogP contribution in [0.5, 0.6) is 11.5 Å². The molecule has 8 heteroatoms. The highest BCUT2D eigenvalue weighted by Gasteiger charge is 2.23. The summed E-state index contributed by atoms with van der Waals surface area (Å²) in [5.74, 6) is -0.133. The number of nitrogens with one attached hydrogen (secondary N) is 1. The maximum atomic E-state index is 12.2. The number of rotatable bonds is 6. The van der Waals surface area contributed by atoms with E-state index in [-0.39, 0.29) is 5.91 Å². The first-order chi connectivity index (χ1) is 13.0. The zero-order chi connectivity index (χ0) is 19.2. The third-order valence-electron chi connectivity index (χ3n) is 3.48. The van der Waals surface area contributed by atoms with E-state index in [4.69, 9.17) is 14.6 Å². The number of carbonyl (C=O) groups excluding carboxylic acids is 1. The summed E-state index contributed by atoms with van der Waals surface area (Å²) in [5.41, 5.74) is 1.47. The summed E-state index contributed by atoms with van der Waals surface area (Å²) in [6, 6.07) is 14.0. The fourth-order valence-electron chi connectivity index (χ4n) is 2.23. The predicted molar refractivity (Wildman–Crippen MR) is 103 cm³/mol. The summed E-state index contributed by atoms with van der Waals surface area (Å²) >= 11 is 1.24. The number of hydrogen-bond donors (Lipinski definition) is 2. The molecule has 0 radical (unpaired) electrons. The number of hydrogen-bond acceptors (Lipinski definition) is 6. The fraction of sp³-hybridized carbons (Fsp3) is 0.105. The second kappa shape index (κ2) is 8.41. The van der Waals surface area contributed by atoms with Gasteiger partial charge < -0.3 is 19.9 Å². The Morgan fingerprint density at radius 2 is 2.00 bits per heavy atom. The number of aliphatic carboxylic acids is 1. The second-order valence-corrected chi connectivity index (χ2v) is 6.47. The number of amidine groups is 1. The Balaban J connectivity index is 1.71. The van der Waals surface area contributed by atoms with Crippen LogP contribution in [0.4, 0.5) is 5.69 Å². The molecule has 1 aliphatic rings. The number of nitrogens with zero attached hydrogens (tertiary/aromatic N) is 1. The van der Waals surface area contributed by atoms with Gasteiger partial charge in [0.25, 0.3) is 5.91 Å². The third kappa shape index (κ3) is 5.11. The van der Waals surface area contributed by atoms with Gasteiger partial charge in [-0.1, -0.05) is 18.2 Å². The topological polar surface area (TPSA) is 97.2 Å². The number of benzene rings is 2. The first-order valence-corrected chi connectivity index (χ1v) is 8.73. The van der Waals surface area contributed by atoms with Gasteiger partial charge in [-0.2, -0.15) is 0 Å². The lowest BCUT2D eigenvalue weighted by molar-refractivity contribution is -0.139. The number of methoxy groups -OCH3 is 1. The Hall–Kier alpha value is -3.26. The highest BCUT2D eigenvalue weighted by molar-refractivity contribution is 8.18. The van der Waals surface area contributed by atoms with Gasteiger partial charge in [-0.25, -0.2) is 9.79 Å². The number of carboxylic acids is 1. The van der Waals surface area contributed by atoms with Crippen molar-refractivity contribution in [1.82, 2.24) is 5.32 Å². The van der Waals surface area contributed by atoms with E-state index in [1.54, 1.807) is 43.5 Å². The van der Waals surface area contributed by atoms with E-state index in [0.717, 1.165) is 5.56 Å². The molecule has 1 amide bonds. The number of carboxylic acid groups (broad SMARTS) is 1. The lowest BCUT2D eigenvalue weighted by atomic mass is 10.2. The van der Waals surface area contributed by atoms with E-state index in [1.165, 1.54) is 11.8 Å². The van der Waals surface area contributed by atoms with Gasteiger partial charge in [0.05, 0.1) is 17.7 Å². The molecule has 138 valence electrons. The minimum absolute atomic E-state index is 0.229. The van der Waals surface area contributed by atoms with E-state index in [1.807, 2.05) is 18.2 Å². The molecular weight excluding hydrogens is 368 g/mol. The second-order valence-electron chi connectivity index (χ2n) is 5.43. The zero-order valence-electron chi connectivity index (χ0n) is 14.3. The molecule has 0 aromatic heterocycles. The molecule has 1 heterocycles. The summed E-state index contributed by atoms with van der Waals surface area (Å²) in [6.45, 7) is -0.400. The van der Waals surface area contributed by atoms with E-state index in [0.29, 0.717) is 27.3 Å². The SMILES string of the molecule is COc1cccc(N=C2NC(=O)/C(=C\c3ccc(OCC(=O)O)cc3)S2)c1. The summed E-state index contributed by atoms with van der Waals surface area (Å²) in [4.78, 5) is 27.6. The molecule has 0 bridgehead atoms. The van der Waals surface area contributed by atoms with Gasteiger partial charge in [0.1, 0.15) is 11.5 Å². The standard InChI is InChI=1S/C19H16N2O5S/c1-25-15-4-2-3-13(10-15)20-19-21-18(24)16(27-19)9-12-5-7-14(8-6-12)26-11-17(22)23/h2-10H,11H2,1H3,(H,22,23)(H,20,21,24)/b16-9+. The van der Waals surface area contributed by atoms with Crippen molar-refractivity contribution in [1.29, 1.82) is 0 Å². The number of aliphatic imine (C=N–C) groups is 1. The van der Waals surface area contributed by atoms with Crippen LogP contribution in [0.2, 0.25) is 0 Å². The summed E-state index contributed by atoms with van der Waals surface area (Å²) in [6.07, 6.45) is 1.73. The van der Waals surface area contributed by atoms with Crippen LogP contribution in [-0.4, -0.2) is 35.9 Å². The Morgan fingerprint density at radius 1 is 1.22 bits per heavy atom. The first kappa shape index (κ1) is 18.5. The first-order valence-electron chi connectivity index (χ1n) is 7.92. The van der Waals surface area contributed by atoms with Crippen molar-refractivity contribution in [2.45, 2.75) is 0 Å². The van der Waals surface area contributed by atoms with Crippen molar-refractivity contribution < 1.29 is 24.2 Å². The van der Waals surface area contributed by atoms with Crippen LogP contribution in [0.25, 0.3) is 6.08 Å². The monoisotopic (exact) mass is 384 g/mol.